The van der Waals surface area contributed by atoms with Gasteiger partial charge in [-0.2, -0.15) is 0 Å². The van der Waals surface area contributed by atoms with Crippen LogP contribution in [0.15, 0.2) is 60.8 Å². The minimum atomic E-state index is -0.495. The number of aromatic nitrogens is 1. The van der Waals surface area contributed by atoms with Crippen LogP contribution < -0.4 is 9.64 Å². The molecule has 5 nitrogen and oxygen atoms in total. The normalized spacial score (nSPS) is 15.6. The topological polar surface area (TPSA) is 59.5 Å². The van der Waals surface area contributed by atoms with E-state index in [0.717, 1.165) is 30.4 Å². The molecule has 0 saturated carbocycles. The molecule has 0 amide bonds. The number of hydrogen-bond donors (Lipinski definition) is 0. The van der Waals surface area contributed by atoms with E-state index in [4.69, 9.17) is 4.74 Å². The molecule has 4 rings (SSSR count). The number of aryl methyl sites for hydroxylation is 1. The van der Waals surface area contributed by atoms with Crippen molar-refractivity contribution in [2.24, 2.45) is 0 Å². The number of rotatable bonds is 8. The molecule has 6 heteroatoms. The molecule has 32 heavy (non-hydrogen) atoms. The van der Waals surface area contributed by atoms with Crippen LogP contribution in [0.4, 0.5) is 10.1 Å². The third kappa shape index (κ3) is 4.54. The number of anilines is 1. The van der Waals surface area contributed by atoms with Gasteiger partial charge >= 0.3 is 0 Å². The largest absolute Gasteiger partial charge is 0.470 e. The molecule has 1 aliphatic heterocycles. The zero-order chi connectivity index (χ0) is 22.5. The van der Waals surface area contributed by atoms with Crippen molar-refractivity contribution in [1.29, 1.82) is 0 Å². The Balaban J connectivity index is 1.53. The smallest absolute Gasteiger partial charge is 0.250 e. The molecule has 1 aromatic heterocycles. The number of aldehydes is 1. The Bertz CT molecular complexity index is 1130. The Labute approximate surface area is 186 Å². The Morgan fingerprint density at radius 1 is 1.22 bits per heavy atom. The van der Waals surface area contributed by atoms with E-state index in [1.807, 2.05) is 35.2 Å². The summed E-state index contributed by atoms with van der Waals surface area (Å²) in [7, 11) is 0. The molecule has 2 heterocycles. The predicted molar refractivity (Wildman–Crippen MR) is 121 cm³/mol. The lowest BCUT2D eigenvalue weighted by Crippen LogP contribution is -2.26. The number of ether oxygens (including phenoxy) is 1. The number of pyridine rings is 1. The maximum absolute atomic E-state index is 13.8. The van der Waals surface area contributed by atoms with E-state index in [0.29, 0.717) is 36.2 Å². The van der Waals surface area contributed by atoms with Crippen LogP contribution in [0.2, 0.25) is 0 Å². The first-order chi connectivity index (χ1) is 15.6. The molecule has 164 valence electrons. The van der Waals surface area contributed by atoms with Crippen molar-refractivity contribution >= 4 is 17.8 Å². The highest BCUT2D eigenvalue weighted by atomic mass is 19.1. The first-order valence-electron chi connectivity index (χ1n) is 10.8. The summed E-state index contributed by atoms with van der Waals surface area (Å²) in [6, 6.07) is 15.7. The summed E-state index contributed by atoms with van der Waals surface area (Å²) in [5, 5.41) is 0. The highest BCUT2D eigenvalue weighted by Gasteiger charge is 2.27. The Hall–Kier alpha value is -3.54. The van der Waals surface area contributed by atoms with Gasteiger partial charge < -0.3 is 9.64 Å². The number of ketones is 1. The lowest BCUT2D eigenvalue weighted by molar-refractivity contribution is 0.103. The highest BCUT2D eigenvalue weighted by Crippen LogP contribution is 2.28. The molecule has 1 atom stereocenters. The zero-order valence-electron chi connectivity index (χ0n) is 18.0. The van der Waals surface area contributed by atoms with Crippen LogP contribution in [0.3, 0.4) is 0 Å². The summed E-state index contributed by atoms with van der Waals surface area (Å²) in [5.41, 5.74) is 3.37. The second kappa shape index (κ2) is 9.73. The molecule has 1 unspecified atom stereocenters. The van der Waals surface area contributed by atoms with Gasteiger partial charge in [0.25, 0.3) is 5.88 Å². The second-order valence-electron chi connectivity index (χ2n) is 7.89. The SMILES string of the molecule is CCCc1ccccc1C(=O)c1ccc(N2CCC(Oc3ncccc3F)C2)c(C=O)c1. The fraction of sp³-hybridized carbons (Fsp3) is 0.269. The van der Waals surface area contributed by atoms with Crippen molar-refractivity contribution in [2.75, 3.05) is 18.0 Å². The fourth-order valence-corrected chi connectivity index (χ4v) is 4.12. The molecular weight excluding hydrogens is 407 g/mol. The molecule has 2 aromatic carbocycles. The van der Waals surface area contributed by atoms with Gasteiger partial charge in [0.15, 0.2) is 17.9 Å². The van der Waals surface area contributed by atoms with E-state index in [1.165, 1.54) is 18.3 Å². The van der Waals surface area contributed by atoms with E-state index in [-0.39, 0.29) is 17.8 Å². The molecular formula is C26H25FN2O3. The molecule has 1 saturated heterocycles. The van der Waals surface area contributed by atoms with Crippen molar-refractivity contribution in [3.8, 4) is 5.88 Å². The Morgan fingerprint density at radius 2 is 2.06 bits per heavy atom. The van der Waals surface area contributed by atoms with Crippen LogP contribution in [0.5, 0.6) is 5.88 Å². The van der Waals surface area contributed by atoms with Crippen molar-refractivity contribution in [2.45, 2.75) is 32.3 Å². The van der Waals surface area contributed by atoms with E-state index >= 15 is 0 Å². The van der Waals surface area contributed by atoms with Gasteiger partial charge in [0.1, 0.15) is 6.10 Å². The summed E-state index contributed by atoms with van der Waals surface area (Å²) in [5.74, 6) is -0.593. The van der Waals surface area contributed by atoms with Gasteiger partial charge in [0, 0.05) is 41.5 Å². The van der Waals surface area contributed by atoms with Gasteiger partial charge in [0.05, 0.1) is 6.54 Å². The van der Waals surface area contributed by atoms with Crippen LogP contribution >= 0.6 is 0 Å². The molecule has 0 bridgehead atoms. The number of benzene rings is 2. The van der Waals surface area contributed by atoms with Gasteiger partial charge in [-0.3, -0.25) is 9.59 Å². The van der Waals surface area contributed by atoms with E-state index in [2.05, 4.69) is 11.9 Å². The highest BCUT2D eigenvalue weighted by molar-refractivity contribution is 6.11. The lowest BCUT2D eigenvalue weighted by atomic mass is 9.95. The summed E-state index contributed by atoms with van der Waals surface area (Å²) in [6.07, 6.45) is 4.48. The molecule has 3 aromatic rings. The monoisotopic (exact) mass is 432 g/mol. The maximum Gasteiger partial charge on any atom is 0.250 e. The van der Waals surface area contributed by atoms with Crippen LogP contribution in [0, 0.1) is 5.82 Å². The number of halogens is 1. The zero-order valence-corrected chi connectivity index (χ0v) is 18.0. The van der Waals surface area contributed by atoms with Crippen molar-refractivity contribution in [1.82, 2.24) is 4.98 Å². The summed E-state index contributed by atoms with van der Waals surface area (Å²) in [6.45, 7) is 3.24. The standard InChI is InChI=1S/C26H25FN2O3/c1-2-6-18-7-3-4-8-22(18)25(31)19-10-11-24(20(15-19)17-30)29-14-12-21(16-29)32-26-23(27)9-5-13-28-26/h3-5,7-11,13,15,17,21H,2,6,12,14,16H2,1H3. The number of nitrogens with zero attached hydrogens (tertiary/aromatic N) is 2. The first-order valence-corrected chi connectivity index (χ1v) is 10.8. The quantitative estimate of drug-likeness (QED) is 0.375. The van der Waals surface area contributed by atoms with Crippen molar-refractivity contribution in [3.05, 3.63) is 88.9 Å². The Morgan fingerprint density at radius 3 is 2.84 bits per heavy atom. The van der Waals surface area contributed by atoms with Gasteiger partial charge in [-0.05, 0) is 42.3 Å². The predicted octanol–water partition coefficient (Wildman–Crippen LogP) is 4.87. The minimum Gasteiger partial charge on any atom is -0.470 e. The number of carbonyl (C=O) groups excluding carboxylic acids is 2. The second-order valence-corrected chi connectivity index (χ2v) is 7.89. The lowest BCUT2D eigenvalue weighted by Gasteiger charge is -2.21. The average Bonchev–Trinajstić information content (AvgIpc) is 3.28. The van der Waals surface area contributed by atoms with E-state index in [9.17, 15) is 14.0 Å². The summed E-state index contributed by atoms with van der Waals surface area (Å²) < 4.78 is 19.6. The van der Waals surface area contributed by atoms with Crippen LogP contribution in [0.25, 0.3) is 0 Å². The number of carbonyl (C=O) groups is 2. The van der Waals surface area contributed by atoms with Crippen LogP contribution in [-0.2, 0) is 6.42 Å². The fourth-order valence-electron chi connectivity index (χ4n) is 4.12. The molecule has 0 aliphatic carbocycles. The van der Waals surface area contributed by atoms with Crippen LogP contribution in [0.1, 0.15) is 51.6 Å². The van der Waals surface area contributed by atoms with E-state index in [1.54, 1.807) is 12.1 Å². The van der Waals surface area contributed by atoms with Crippen LogP contribution in [-0.4, -0.2) is 36.2 Å². The minimum absolute atomic E-state index is 0.0124. The third-order valence-electron chi connectivity index (χ3n) is 5.69. The molecule has 1 fully saturated rings. The molecule has 0 N–H and O–H groups in total. The average molecular weight is 432 g/mol. The van der Waals surface area contributed by atoms with Gasteiger partial charge in [0.2, 0.25) is 0 Å². The summed E-state index contributed by atoms with van der Waals surface area (Å²) in [4.78, 5) is 31.0. The third-order valence-corrected chi connectivity index (χ3v) is 5.69. The van der Waals surface area contributed by atoms with Crippen molar-refractivity contribution < 1.29 is 18.7 Å². The van der Waals surface area contributed by atoms with Gasteiger partial charge in [-0.15, -0.1) is 0 Å². The first kappa shape index (κ1) is 21.7. The summed E-state index contributed by atoms with van der Waals surface area (Å²) >= 11 is 0. The Kier molecular flexibility index (Phi) is 6.59. The number of hydrogen-bond acceptors (Lipinski definition) is 5. The van der Waals surface area contributed by atoms with E-state index < -0.39 is 5.82 Å². The van der Waals surface area contributed by atoms with Gasteiger partial charge in [-0.25, -0.2) is 9.37 Å². The maximum atomic E-state index is 13.8. The van der Waals surface area contributed by atoms with Gasteiger partial charge in [-0.1, -0.05) is 37.6 Å². The molecule has 1 aliphatic rings. The van der Waals surface area contributed by atoms with Crippen molar-refractivity contribution in [3.63, 3.8) is 0 Å². The molecule has 0 radical (unpaired) electrons. The molecule has 0 spiro atoms.